The van der Waals surface area contributed by atoms with E-state index >= 15 is 4.39 Å². The third-order valence-corrected chi connectivity index (χ3v) is 13.9. The summed E-state index contributed by atoms with van der Waals surface area (Å²) in [5.41, 5.74) is -4.86. The fourth-order valence-corrected chi connectivity index (χ4v) is 11.0. The van der Waals surface area contributed by atoms with Gasteiger partial charge in [-0.15, -0.1) is 0 Å². The first-order valence-corrected chi connectivity index (χ1v) is 18.4. The Bertz CT molecular complexity index is 1610. The Balaban J connectivity index is 1.62. The fraction of sp³-hybridized carbons (Fsp3) is 0.613. The van der Waals surface area contributed by atoms with Crippen molar-refractivity contribution in [2.45, 2.75) is 87.0 Å². The van der Waals surface area contributed by atoms with Crippen LogP contribution in [-0.2, 0) is 29.6 Å². The number of hydrogen-bond acceptors (Lipinski definition) is 7. The molecule has 0 amide bonds. The minimum absolute atomic E-state index is 0.000837. The molecule has 2 aromatic carbocycles. The number of halogens is 7. The van der Waals surface area contributed by atoms with Crippen LogP contribution in [0.5, 0.6) is 5.75 Å². The molecule has 1 heterocycles. The molecule has 0 aromatic heterocycles. The van der Waals surface area contributed by atoms with E-state index in [1.165, 1.54) is 12.1 Å². The van der Waals surface area contributed by atoms with Crippen LogP contribution in [0.25, 0.3) is 0 Å². The highest BCUT2D eigenvalue weighted by Crippen LogP contribution is 2.78. The van der Waals surface area contributed by atoms with Gasteiger partial charge in [-0.05, 0) is 88.6 Å². The molecule has 5 rings (SSSR count). The second-order valence-electron chi connectivity index (χ2n) is 12.9. The van der Waals surface area contributed by atoms with Gasteiger partial charge >= 0.3 is 13.8 Å². The fourth-order valence-electron chi connectivity index (χ4n) is 6.76. The Morgan fingerprint density at radius 3 is 2.11 bits per heavy atom. The number of benzene rings is 2. The van der Waals surface area contributed by atoms with Crippen molar-refractivity contribution >= 4 is 28.8 Å². The zero-order chi connectivity index (χ0) is 34.6. The zero-order valence-electron chi connectivity index (χ0n) is 26.1. The van der Waals surface area contributed by atoms with E-state index in [0.29, 0.717) is 31.9 Å². The summed E-state index contributed by atoms with van der Waals surface area (Å²) in [4.78, 5) is 0.202. The molecular weight excluding hydrogens is 678 g/mol. The number of fused-ring (bicyclic) bond motifs is 1. The van der Waals surface area contributed by atoms with Gasteiger partial charge in [-0.2, -0.15) is 13.2 Å². The van der Waals surface area contributed by atoms with Gasteiger partial charge in [0.05, 0.1) is 29.4 Å². The molecule has 47 heavy (non-hydrogen) atoms. The van der Waals surface area contributed by atoms with E-state index in [4.69, 9.17) is 13.8 Å². The molecule has 0 saturated heterocycles. The van der Waals surface area contributed by atoms with Crippen molar-refractivity contribution in [3.05, 3.63) is 47.8 Å². The van der Waals surface area contributed by atoms with Crippen LogP contribution in [-0.4, -0.2) is 51.4 Å². The predicted octanol–water partition coefficient (Wildman–Crippen LogP) is 9.07. The standard InChI is InChI=1S/C31H37F7NO6PS/c1-4-44-46(40,45-5-2)30(17-29(18-30)12-13-29)19-43-25-15-26-24(14-23(25)31(36,37)38)39(22-8-6-21(32)7-9-22)16-20(10-11-28(3,34)35)27(33)47(26,41)42/h6-9,14-15,20,27H,4-5,10-13,16-19H2,1-3H3/t20-,27+/m1/s1. The number of nitrogens with zero attached hydrogens (tertiary/aromatic N) is 1. The first-order chi connectivity index (χ1) is 21.8. The predicted molar refractivity (Wildman–Crippen MR) is 160 cm³/mol. The van der Waals surface area contributed by atoms with Crippen LogP contribution < -0.4 is 9.64 Å². The molecule has 2 saturated carbocycles. The Hall–Kier alpha value is -2.35. The zero-order valence-corrected chi connectivity index (χ0v) is 27.8. The second-order valence-corrected chi connectivity index (χ2v) is 17.3. The van der Waals surface area contributed by atoms with Crippen molar-refractivity contribution in [2.24, 2.45) is 11.3 Å². The second kappa shape index (κ2) is 12.5. The summed E-state index contributed by atoms with van der Waals surface area (Å²) >= 11 is 0. The molecule has 2 atom stereocenters. The van der Waals surface area contributed by atoms with Crippen LogP contribution in [0.2, 0.25) is 0 Å². The smallest absolute Gasteiger partial charge is 0.420 e. The summed E-state index contributed by atoms with van der Waals surface area (Å²) < 4.78 is 160. The lowest BCUT2D eigenvalue weighted by molar-refractivity contribution is -0.139. The molecule has 0 radical (unpaired) electrons. The quantitative estimate of drug-likeness (QED) is 0.160. The molecule has 0 unspecified atom stereocenters. The van der Waals surface area contributed by atoms with Gasteiger partial charge in [0.2, 0.25) is 21.3 Å². The topological polar surface area (TPSA) is 82.1 Å². The van der Waals surface area contributed by atoms with E-state index in [9.17, 15) is 39.3 Å². The lowest BCUT2D eigenvalue weighted by atomic mass is 9.71. The summed E-state index contributed by atoms with van der Waals surface area (Å²) in [6.07, 6.45) is -4.33. The Labute approximate surface area is 269 Å². The largest absolute Gasteiger partial charge is 0.492 e. The van der Waals surface area contributed by atoms with Gasteiger partial charge in [0.25, 0.3) is 0 Å². The van der Waals surface area contributed by atoms with Crippen molar-refractivity contribution in [3.63, 3.8) is 0 Å². The molecule has 2 fully saturated rings. The van der Waals surface area contributed by atoms with Gasteiger partial charge < -0.3 is 18.7 Å². The van der Waals surface area contributed by atoms with E-state index in [0.717, 1.165) is 29.9 Å². The molecule has 0 N–H and O–H groups in total. The Morgan fingerprint density at radius 2 is 1.60 bits per heavy atom. The first kappa shape index (κ1) is 35.9. The number of alkyl halides is 6. The van der Waals surface area contributed by atoms with Crippen LogP contribution in [0, 0.1) is 17.2 Å². The normalized spacial score (nSPS) is 23.1. The summed E-state index contributed by atoms with van der Waals surface area (Å²) in [5, 5.41) is -1.30. The number of anilines is 2. The maximum Gasteiger partial charge on any atom is 0.420 e. The Morgan fingerprint density at radius 1 is 1.00 bits per heavy atom. The van der Waals surface area contributed by atoms with Gasteiger partial charge in [0, 0.05) is 30.6 Å². The first-order valence-electron chi connectivity index (χ1n) is 15.3. The average molecular weight is 716 g/mol. The average Bonchev–Trinajstić information content (AvgIpc) is 3.76. The molecule has 3 aliphatic rings. The maximum atomic E-state index is 16.0. The maximum absolute atomic E-state index is 16.0. The van der Waals surface area contributed by atoms with Gasteiger partial charge in [0.15, 0.2) is 0 Å². The van der Waals surface area contributed by atoms with Crippen molar-refractivity contribution in [1.29, 1.82) is 0 Å². The van der Waals surface area contributed by atoms with Gasteiger partial charge in [0.1, 0.15) is 23.3 Å². The number of rotatable bonds is 12. The molecule has 2 aliphatic carbocycles. The molecular formula is C31H37F7NO6PS. The molecule has 7 nitrogen and oxygen atoms in total. The van der Waals surface area contributed by atoms with E-state index in [-0.39, 0.29) is 24.3 Å². The number of sulfone groups is 1. The van der Waals surface area contributed by atoms with Crippen molar-refractivity contribution in [1.82, 2.24) is 0 Å². The van der Waals surface area contributed by atoms with Crippen LogP contribution in [0.4, 0.5) is 42.1 Å². The van der Waals surface area contributed by atoms with E-state index < -0.39 is 99.8 Å². The van der Waals surface area contributed by atoms with Crippen molar-refractivity contribution in [3.8, 4) is 5.75 Å². The minimum atomic E-state index is -5.11. The lowest BCUT2D eigenvalue weighted by Crippen LogP contribution is -2.50. The summed E-state index contributed by atoms with van der Waals surface area (Å²) in [6.45, 7) is 2.62. The van der Waals surface area contributed by atoms with E-state index in [2.05, 4.69) is 0 Å². The van der Waals surface area contributed by atoms with Crippen molar-refractivity contribution < 1.29 is 57.5 Å². The summed E-state index contributed by atoms with van der Waals surface area (Å²) in [5.74, 6) is -6.50. The lowest BCUT2D eigenvalue weighted by Gasteiger charge is -2.50. The third-order valence-electron chi connectivity index (χ3n) is 9.18. The van der Waals surface area contributed by atoms with Gasteiger partial charge in [-0.3, -0.25) is 4.57 Å². The molecule has 1 aliphatic heterocycles. The molecule has 262 valence electrons. The molecule has 1 spiro atoms. The molecule has 16 heteroatoms. The summed E-state index contributed by atoms with van der Waals surface area (Å²) in [7, 11) is -9.01. The van der Waals surface area contributed by atoms with Crippen LogP contribution in [0.1, 0.15) is 64.9 Å². The van der Waals surface area contributed by atoms with Gasteiger partial charge in [-0.1, -0.05) is 0 Å². The molecule has 2 aromatic rings. The number of hydrogen-bond donors (Lipinski definition) is 0. The highest BCUT2D eigenvalue weighted by atomic mass is 32.2. The van der Waals surface area contributed by atoms with Crippen LogP contribution >= 0.6 is 7.60 Å². The van der Waals surface area contributed by atoms with Crippen LogP contribution in [0.15, 0.2) is 41.3 Å². The highest BCUT2D eigenvalue weighted by molar-refractivity contribution is 7.92. The van der Waals surface area contributed by atoms with Gasteiger partial charge in [-0.25, -0.2) is 26.0 Å². The molecule has 0 bridgehead atoms. The van der Waals surface area contributed by atoms with E-state index in [1.54, 1.807) is 13.8 Å². The van der Waals surface area contributed by atoms with Crippen LogP contribution in [0.3, 0.4) is 0 Å². The monoisotopic (exact) mass is 715 g/mol. The number of ether oxygens (including phenoxy) is 1. The third kappa shape index (κ3) is 7.05. The SMILES string of the molecule is CCOP(=O)(OCC)C1(COc2cc3c(cc2C(F)(F)F)N(c2ccc(F)cc2)C[C@@H](CCC(C)(F)F)[C@@H](F)S3(=O)=O)CC2(CC2)C1. The minimum Gasteiger partial charge on any atom is -0.492 e. The van der Waals surface area contributed by atoms with Crippen molar-refractivity contribution in [2.75, 3.05) is 31.3 Å². The Kier molecular flexibility index (Phi) is 9.57. The highest BCUT2D eigenvalue weighted by Gasteiger charge is 2.69. The van der Waals surface area contributed by atoms with E-state index in [1.807, 2.05) is 0 Å². The summed E-state index contributed by atoms with van der Waals surface area (Å²) in [6, 6.07) is 5.40.